The van der Waals surface area contributed by atoms with Crippen LogP contribution in [0, 0.1) is 0 Å². The Morgan fingerprint density at radius 2 is 2.00 bits per heavy atom. The molecular formula is C13H18BrNO2. The Balaban J connectivity index is 3.03. The van der Waals surface area contributed by atoms with Crippen molar-refractivity contribution in [3.05, 3.63) is 28.2 Å². The fourth-order valence-electron chi connectivity index (χ4n) is 1.96. The standard InChI is InChI=1S/C13H18BrNO2/c1-4-10(5-2)15(3)12-7-6-9(13(16)17)8-11(12)14/h6-8,10H,4-5H2,1-3H3,(H,16,17). The van der Waals surface area contributed by atoms with Gasteiger partial charge in [-0.1, -0.05) is 13.8 Å². The van der Waals surface area contributed by atoms with Gasteiger partial charge >= 0.3 is 5.97 Å². The topological polar surface area (TPSA) is 40.5 Å². The second-order valence-corrected chi connectivity index (χ2v) is 4.91. The first kappa shape index (κ1) is 14.0. The van der Waals surface area contributed by atoms with Crippen LogP contribution in [0.25, 0.3) is 0 Å². The summed E-state index contributed by atoms with van der Waals surface area (Å²) in [7, 11) is 2.04. The van der Waals surface area contributed by atoms with E-state index in [1.165, 1.54) is 0 Å². The number of halogens is 1. The van der Waals surface area contributed by atoms with Crippen molar-refractivity contribution in [2.75, 3.05) is 11.9 Å². The van der Waals surface area contributed by atoms with Crippen LogP contribution in [-0.2, 0) is 0 Å². The van der Waals surface area contributed by atoms with E-state index in [-0.39, 0.29) is 0 Å². The lowest BCUT2D eigenvalue weighted by Gasteiger charge is -2.29. The molecule has 0 unspecified atom stereocenters. The van der Waals surface area contributed by atoms with Gasteiger partial charge in [-0.05, 0) is 47.0 Å². The molecule has 0 aromatic heterocycles. The third-order valence-corrected chi connectivity index (χ3v) is 3.70. The largest absolute Gasteiger partial charge is 0.478 e. The van der Waals surface area contributed by atoms with E-state index in [9.17, 15) is 4.79 Å². The Morgan fingerprint density at radius 1 is 1.41 bits per heavy atom. The van der Waals surface area contributed by atoms with Crippen molar-refractivity contribution < 1.29 is 9.90 Å². The lowest BCUT2D eigenvalue weighted by atomic mass is 10.1. The van der Waals surface area contributed by atoms with Crippen molar-refractivity contribution in [3.63, 3.8) is 0 Å². The minimum Gasteiger partial charge on any atom is -0.478 e. The highest BCUT2D eigenvalue weighted by molar-refractivity contribution is 9.10. The number of nitrogens with zero attached hydrogens (tertiary/aromatic N) is 1. The van der Waals surface area contributed by atoms with Crippen molar-refractivity contribution >= 4 is 27.6 Å². The van der Waals surface area contributed by atoms with Gasteiger partial charge in [-0.3, -0.25) is 0 Å². The number of benzene rings is 1. The molecule has 0 spiro atoms. The first-order valence-electron chi connectivity index (χ1n) is 5.76. The molecule has 0 bridgehead atoms. The highest BCUT2D eigenvalue weighted by atomic mass is 79.9. The van der Waals surface area contributed by atoms with Gasteiger partial charge in [-0.25, -0.2) is 4.79 Å². The normalized spacial score (nSPS) is 10.6. The molecular weight excluding hydrogens is 282 g/mol. The average Bonchev–Trinajstić information content (AvgIpc) is 2.30. The molecule has 1 aromatic rings. The molecule has 0 aliphatic heterocycles. The van der Waals surface area contributed by atoms with Crippen molar-refractivity contribution in [3.8, 4) is 0 Å². The van der Waals surface area contributed by atoms with Crippen LogP contribution < -0.4 is 4.90 Å². The smallest absolute Gasteiger partial charge is 0.335 e. The van der Waals surface area contributed by atoms with Gasteiger partial charge in [0.1, 0.15) is 0 Å². The van der Waals surface area contributed by atoms with Gasteiger partial charge in [0.2, 0.25) is 0 Å². The lowest BCUT2D eigenvalue weighted by Crippen LogP contribution is -2.30. The van der Waals surface area contributed by atoms with Gasteiger partial charge in [0.15, 0.2) is 0 Å². The molecule has 0 aliphatic rings. The van der Waals surface area contributed by atoms with Crippen molar-refractivity contribution in [2.24, 2.45) is 0 Å². The summed E-state index contributed by atoms with van der Waals surface area (Å²) >= 11 is 3.44. The number of hydrogen-bond acceptors (Lipinski definition) is 2. The number of aromatic carboxylic acids is 1. The summed E-state index contributed by atoms with van der Waals surface area (Å²) in [5.41, 5.74) is 1.34. The van der Waals surface area contributed by atoms with Crippen LogP contribution in [0.15, 0.2) is 22.7 Å². The zero-order valence-electron chi connectivity index (χ0n) is 10.4. The predicted molar refractivity (Wildman–Crippen MR) is 73.9 cm³/mol. The first-order valence-corrected chi connectivity index (χ1v) is 6.56. The molecule has 0 radical (unpaired) electrons. The third-order valence-electron chi connectivity index (χ3n) is 3.06. The van der Waals surface area contributed by atoms with E-state index in [0.29, 0.717) is 11.6 Å². The Bertz CT molecular complexity index is 402. The number of hydrogen-bond donors (Lipinski definition) is 1. The quantitative estimate of drug-likeness (QED) is 0.900. The lowest BCUT2D eigenvalue weighted by molar-refractivity contribution is 0.0697. The number of carbonyl (C=O) groups is 1. The molecule has 1 aromatic carbocycles. The van der Waals surface area contributed by atoms with Gasteiger partial charge in [0.05, 0.1) is 11.3 Å². The van der Waals surface area contributed by atoms with Crippen LogP contribution in [0.5, 0.6) is 0 Å². The zero-order chi connectivity index (χ0) is 13.0. The fourth-order valence-corrected chi connectivity index (χ4v) is 2.62. The van der Waals surface area contributed by atoms with Gasteiger partial charge in [-0.15, -0.1) is 0 Å². The maximum absolute atomic E-state index is 10.8. The molecule has 1 rings (SSSR count). The van der Waals surface area contributed by atoms with Gasteiger partial charge in [0, 0.05) is 17.6 Å². The van der Waals surface area contributed by atoms with E-state index in [2.05, 4.69) is 34.7 Å². The molecule has 3 nitrogen and oxygen atoms in total. The minimum atomic E-state index is -0.901. The molecule has 0 saturated carbocycles. The molecule has 0 heterocycles. The van der Waals surface area contributed by atoms with Crippen LogP contribution >= 0.6 is 15.9 Å². The molecule has 0 fully saturated rings. The van der Waals surface area contributed by atoms with Crippen molar-refractivity contribution in [2.45, 2.75) is 32.7 Å². The molecule has 17 heavy (non-hydrogen) atoms. The van der Waals surface area contributed by atoms with E-state index in [1.807, 2.05) is 13.1 Å². The van der Waals surface area contributed by atoms with Crippen LogP contribution in [-0.4, -0.2) is 24.2 Å². The Labute approximate surface area is 111 Å². The van der Waals surface area contributed by atoms with Crippen molar-refractivity contribution in [1.82, 2.24) is 0 Å². The molecule has 94 valence electrons. The summed E-state index contributed by atoms with van der Waals surface area (Å²) in [5, 5.41) is 8.91. The molecule has 1 N–H and O–H groups in total. The van der Waals surface area contributed by atoms with E-state index < -0.39 is 5.97 Å². The maximum Gasteiger partial charge on any atom is 0.335 e. The molecule has 0 saturated heterocycles. The monoisotopic (exact) mass is 299 g/mol. The van der Waals surface area contributed by atoms with E-state index >= 15 is 0 Å². The van der Waals surface area contributed by atoms with Crippen LogP contribution in [0.1, 0.15) is 37.0 Å². The van der Waals surface area contributed by atoms with E-state index in [0.717, 1.165) is 23.0 Å². The molecule has 0 atom stereocenters. The SMILES string of the molecule is CCC(CC)N(C)c1ccc(C(=O)O)cc1Br. The number of carboxylic acids is 1. The van der Waals surface area contributed by atoms with Crippen LogP contribution in [0.2, 0.25) is 0 Å². The Kier molecular flexibility index (Phi) is 5.00. The molecule has 0 amide bonds. The van der Waals surface area contributed by atoms with Gasteiger partial charge in [-0.2, -0.15) is 0 Å². The summed E-state index contributed by atoms with van der Waals surface area (Å²) in [4.78, 5) is 13.0. The number of rotatable bonds is 5. The van der Waals surface area contributed by atoms with Gasteiger partial charge < -0.3 is 10.0 Å². The minimum absolute atomic E-state index is 0.304. The van der Waals surface area contributed by atoms with E-state index in [1.54, 1.807) is 12.1 Å². The zero-order valence-corrected chi connectivity index (χ0v) is 12.0. The Hall–Kier alpha value is -1.03. The van der Waals surface area contributed by atoms with Crippen LogP contribution in [0.3, 0.4) is 0 Å². The van der Waals surface area contributed by atoms with Gasteiger partial charge in [0.25, 0.3) is 0 Å². The fraction of sp³-hybridized carbons (Fsp3) is 0.462. The number of carboxylic acid groups (broad SMARTS) is 1. The van der Waals surface area contributed by atoms with E-state index in [4.69, 9.17) is 5.11 Å². The second-order valence-electron chi connectivity index (χ2n) is 4.05. The predicted octanol–water partition coefficient (Wildman–Crippen LogP) is 3.77. The summed E-state index contributed by atoms with van der Waals surface area (Å²) < 4.78 is 0.826. The highest BCUT2D eigenvalue weighted by Crippen LogP contribution is 2.29. The molecule has 4 heteroatoms. The number of anilines is 1. The summed E-state index contributed by atoms with van der Waals surface area (Å²) in [6, 6.07) is 5.62. The third kappa shape index (κ3) is 3.22. The maximum atomic E-state index is 10.8. The Morgan fingerprint density at radius 3 is 2.41 bits per heavy atom. The first-order chi connectivity index (χ1) is 8.01. The summed E-state index contributed by atoms with van der Waals surface area (Å²) in [6.07, 6.45) is 2.14. The highest BCUT2D eigenvalue weighted by Gasteiger charge is 2.15. The molecule has 0 aliphatic carbocycles. The average molecular weight is 300 g/mol. The van der Waals surface area contributed by atoms with Crippen molar-refractivity contribution in [1.29, 1.82) is 0 Å². The summed E-state index contributed by atoms with van der Waals surface area (Å²) in [5.74, 6) is -0.901. The van der Waals surface area contributed by atoms with Crippen LogP contribution in [0.4, 0.5) is 5.69 Å². The second kappa shape index (κ2) is 6.05. The summed E-state index contributed by atoms with van der Waals surface area (Å²) in [6.45, 7) is 4.31.